The summed E-state index contributed by atoms with van der Waals surface area (Å²) in [4.78, 5) is 13.9. The van der Waals surface area contributed by atoms with Gasteiger partial charge in [-0.2, -0.15) is 0 Å². The zero-order valence-corrected chi connectivity index (χ0v) is 19.6. The molecule has 4 heteroatoms. The van der Waals surface area contributed by atoms with Crippen LogP contribution in [0.5, 0.6) is 5.75 Å². The van der Waals surface area contributed by atoms with E-state index in [9.17, 15) is 4.79 Å². The average molecular weight is 438 g/mol. The first-order chi connectivity index (χ1) is 15.0. The molecule has 0 aromatic heterocycles. The largest absolute Gasteiger partial charge is 0.481 e. The molecule has 31 heavy (non-hydrogen) atoms. The Bertz CT molecular complexity index is 973. The monoisotopic (exact) mass is 437 g/mol. The molecule has 1 heterocycles. The molecule has 0 radical (unpaired) electrons. The number of ether oxygens (including phenoxy) is 2. The van der Waals surface area contributed by atoms with E-state index in [1.165, 1.54) is 53.9 Å². The molecule has 4 rings (SSSR count). The molecule has 164 valence electrons. The Kier molecular flexibility index (Phi) is 7.13. The van der Waals surface area contributed by atoms with Crippen molar-refractivity contribution < 1.29 is 14.3 Å². The minimum absolute atomic E-state index is 0.108. The SMILES string of the molecule is CC(C)(C#CC1CCCCC1)OC(=O)COc1ccc([S+]2CCCC2)c2ccccc12. The summed E-state index contributed by atoms with van der Waals surface area (Å²) < 4.78 is 11.6. The number of rotatable bonds is 5. The van der Waals surface area contributed by atoms with Gasteiger partial charge in [0.2, 0.25) is 0 Å². The lowest BCUT2D eigenvalue weighted by Gasteiger charge is -2.21. The first-order valence-electron chi connectivity index (χ1n) is 11.6. The molecule has 0 N–H and O–H groups in total. The number of carbonyl (C=O) groups is 1. The summed E-state index contributed by atoms with van der Waals surface area (Å²) in [5, 5.41) is 2.32. The van der Waals surface area contributed by atoms with Crippen molar-refractivity contribution in [2.45, 2.75) is 69.3 Å². The van der Waals surface area contributed by atoms with Gasteiger partial charge in [-0.3, -0.25) is 0 Å². The highest BCUT2D eigenvalue weighted by molar-refractivity contribution is 7.97. The van der Waals surface area contributed by atoms with E-state index in [1.807, 2.05) is 26.0 Å². The lowest BCUT2D eigenvalue weighted by Crippen LogP contribution is -2.29. The van der Waals surface area contributed by atoms with Gasteiger partial charge in [-0.05, 0) is 57.7 Å². The molecule has 0 unspecified atom stereocenters. The van der Waals surface area contributed by atoms with Gasteiger partial charge in [-0.25, -0.2) is 4.79 Å². The van der Waals surface area contributed by atoms with Gasteiger partial charge in [0.05, 0.1) is 0 Å². The van der Waals surface area contributed by atoms with E-state index < -0.39 is 5.60 Å². The number of carbonyl (C=O) groups excluding carboxylic acids is 1. The quantitative estimate of drug-likeness (QED) is 0.332. The van der Waals surface area contributed by atoms with Gasteiger partial charge >= 0.3 is 5.97 Å². The average Bonchev–Trinajstić information content (AvgIpc) is 3.31. The molecule has 2 aliphatic rings. The van der Waals surface area contributed by atoms with Crippen LogP contribution < -0.4 is 4.74 Å². The molecular weight excluding hydrogens is 404 g/mol. The Labute approximate surface area is 189 Å². The van der Waals surface area contributed by atoms with Crippen LogP contribution in [0.25, 0.3) is 10.8 Å². The minimum Gasteiger partial charge on any atom is -0.481 e. The predicted octanol–water partition coefficient (Wildman–Crippen LogP) is 5.90. The van der Waals surface area contributed by atoms with Crippen molar-refractivity contribution in [3.63, 3.8) is 0 Å². The summed E-state index contributed by atoms with van der Waals surface area (Å²) in [7, 11) is 0.333. The standard InChI is InChI=1S/C27H33O3S/c1-27(2,17-16-21-10-4-3-5-11-21)30-26(28)20-29-24-14-15-25(31-18-8-9-19-31)23-13-7-6-12-22(23)24/h6-7,12-15,21H,3-5,8-11,18-20H2,1-2H3/q+1. The number of hydrogen-bond donors (Lipinski definition) is 0. The molecule has 3 nitrogen and oxygen atoms in total. The smallest absolute Gasteiger partial charge is 0.345 e. The fraction of sp³-hybridized carbons (Fsp3) is 0.519. The molecule has 1 saturated heterocycles. The number of fused-ring (bicyclic) bond motifs is 1. The highest BCUT2D eigenvalue weighted by atomic mass is 32.2. The van der Waals surface area contributed by atoms with Crippen LogP contribution in [0.4, 0.5) is 0 Å². The van der Waals surface area contributed by atoms with Crippen LogP contribution in [0.15, 0.2) is 41.3 Å². The van der Waals surface area contributed by atoms with Crippen molar-refractivity contribution in [1.82, 2.24) is 0 Å². The molecule has 1 aliphatic heterocycles. The second kappa shape index (κ2) is 10.0. The van der Waals surface area contributed by atoms with E-state index in [0.29, 0.717) is 16.8 Å². The summed E-state index contributed by atoms with van der Waals surface area (Å²) >= 11 is 0. The van der Waals surface area contributed by atoms with Crippen molar-refractivity contribution in [3.8, 4) is 17.6 Å². The van der Waals surface area contributed by atoms with Gasteiger partial charge in [0.25, 0.3) is 0 Å². The van der Waals surface area contributed by atoms with Crippen LogP contribution >= 0.6 is 0 Å². The fourth-order valence-electron chi connectivity index (χ4n) is 4.49. The molecule has 0 bridgehead atoms. The summed E-state index contributed by atoms with van der Waals surface area (Å²) in [5.74, 6) is 9.88. The molecule has 2 aromatic carbocycles. The van der Waals surface area contributed by atoms with Crippen molar-refractivity contribution in [3.05, 3.63) is 36.4 Å². The maximum absolute atomic E-state index is 12.5. The number of hydrogen-bond acceptors (Lipinski definition) is 3. The Hall–Kier alpha value is -2.12. The summed E-state index contributed by atoms with van der Waals surface area (Å²) in [6.45, 7) is 3.60. The van der Waals surface area contributed by atoms with Crippen molar-refractivity contribution in [2.24, 2.45) is 5.92 Å². The molecule has 0 atom stereocenters. The maximum Gasteiger partial charge on any atom is 0.345 e. The minimum atomic E-state index is -0.798. The van der Waals surface area contributed by atoms with Crippen LogP contribution in [0.2, 0.25) is 0 Å². The van der Waals surface area contributed by atoms with Gasteiger partial charge < -0.3 is 9.47 Å². The first-order valence-corrected chi connectivity index (χ1v) is 13.1. The zero-order valence-electron chi connectivity index (χ0n) is 18.7. The zero-order chi connectivity index (χ0) is 21.7. The Morgan fingerprint density at radius 1 is 1.00 bits per heavy atom. The van der Waals surface area contributed by atoms with Crippen LogP contribution in [0.3, 0.4) is 0 Å². The second-order valence-corrected chi connectivity index (χ2v) is 11.3. The lowest BCUT2D eigenvalue weighted by atomic mass is 9.89. The van der Waals surface area contributed by atoms with Gasteiger partial charge in [0.1, 0.15) is 17.3 Å². The Balaban J connectivity index is 1.40. The van der Waals surface area contributed by atoms with Gasteiger partial charge in [-0.1, -0.05) is 49.3 Å². The summed E-state index contributed by atoms with van der Waals surface area (Å²) in [6, 6.07) is 12.6. The highest BCUT2D eigenvalue weighted by Gasteiger charge is 2.29. The van der Waals surface area contributed by atoms with Gasteiger partial charge in [-0.15, -0.1) is 0 Å². The molecule has 2 aromatic rings. The van der Waals surface area contributed by atoms with E-state index in [4.69, 9.17) is 9.47 Å². The number of esters is 1. The third-order valence-electron chi connectivity index (χ3n) is 6.08. The molecule has 1 aliphatic carbocycles. The van der Waals surface area contributed by atoms with E-state index in [-0.39, 0.29) is 12.6 Å². The Morgan fingerprint density at radius 2 is 1.71 bits per heavy atom. The molecule has 0 amide bonds. The van der Waals surface area contributed by atoms with Gasteiger partial charge in [0.15, 0.2) is 17.1 Å². The van der Waals surface area contributed by atoms with E-state index in [2.05, 4.69) is 36.1 Å². The summed E-state index contributed by atoms with van der Waals surface area (Å²) in [6.07, 6.45) is 8.77. The fourth-order valence-corrected chi connectivity index (χ4v) is 6.99. The van der Waals surface area contributed by atoms with Crippen LogP contribution in [0.1, 0.15) is 58.8 Å². The van der Waals surface area contributed by atoms with Crippen LogP contribution in [0, 0.1) is 17.8 Å². The van der Waals surface area contributed by atoms with Crippen molar-refractivity contribution >= 4 is 27.6 Å². The van der Waals surface area contributed by atoms with E-state index >= 15 is 0 Å². The first kappa shape index (κ1) is 22.1. The third kappa shape index (κ3) is 5.77. The molecule has 1 saturated carbocycles. The lowest BCUT2D eigenvalue weighted by molar-refractivity contribution is -0.154. The van der Waals surface area contributed by atoms with Crippen molar-refractivity contribution in [2.75, 3.05) is 18.1 Å². The maximum atomic E-state index is 12.5. The molecule has 0 spiro atoms. The highest BCUT2D eigenvalue weighted by Crippen LogP contribution is 2.34. The molecule has 2 fully saturated rings. The normalized spacial score (nSPS) is 17.9. The van der Waals surface area contributed by atoms with Crippen LogP contribution in [-0.2, 0) is 20.4 Å². The van der Waals surface area contributed by atoms with Crippen LogP contribution in [-0.4, -0.2) is 29.7 Å². The Morgan fingerprint density at radius 3 is 2.45 bits per heavy atom. The van der Waals surface area contributed by atoms with Gasteiger partial charge in [0, 0.05) is 27.6 Å². The topological polar surface area (TPSA) is 35.5 Å². The van der Waals surface area contributed by atoms with E-state index in [0.717, 1.165) is 24.0 Å². The third-order valence-corrected chi connectivity index (χ3v) is 8.62. The molecular formula is C27H33O3S+. The summed E-state index contributed by atoms with van der Waals surface area (Å²) in [5.41, 5.74) is -0.798. The van der Waals surface area contributed by atoms with Crippen molar-refractivity contribution in [1.29, 1.82) is 0 Å². The van der Waals surface area contributed by atoms with E-state index in [1.54, 1.807) is 0 Å². The predicted molar refractivity (Wildman–Crippen MR) is 129 cm³/mol. The second-order valence-electron chi connectivity index (χ2n) is 9.09. The number of benzene rings is 2.